The molecule has 1 amide bonds. The third-order valence-electron chi connectivity index (χ3n) is 5.55. The number of rotatable bonds is 4. The van der Waals surface area contributed by atoms with Gasteiger partial charge in [0.15, 0.2) is 11.5 Å². The van der Waals surface area contributed by atoms with Crippen LogP contribution in [0.25, 0.3) is 0 Å². The molecule has 2 aromatic carbocycles. The van der Waals surface area contributed by atoms with E-state index in [1.165, 1.54) is 16.1 Å². The summed E-state index contributed by atoms with van der Waals surface area (Å²) in [5.41, 5.74) is 2.92. The highest BCUT2D eigenvalue weighted by molar-refractivity contribution is 5.95. The summed E-state index contributed by atoms with van der Waals surface area (Å²) >= 11 is 0. The number of amides is 1. The van der Waals surface area contributed by atoms with Gasteiger partial charge in [0.25, 0.3) is 5.91 Å². The normalized spacial score (nSPS) is 22.0. The first kappa shape index (κ1) is 19.7. The Hall–Kier alpha value is -3.63. The van der Waals surface area contributed by atoms with Crippen molar-refractivity contribution in [2.75, 3.05) is 13.6 Å². The molecule has 2 aliphatic heterocycles. The molecule has 7 nitrogen and oxygen atoms in total. The lowest BCUT2D eigenvalue weighted by molar-refractivity contribution is -0.132. The van der Waals surface area contributed by atoms with Gasteiger partial charge in [0.1, 0.15) is 6.10 Å². The zero-order valence-corrected chi connectivity index (χ0v) is 16.5. The number of carbonyl (C=O) groups excluding carboxylic acids is 1. The summed E-state index contributed by atoms with van der Waals surface area (Å²) in [6, 6.07) is 19.6. The summed E-state index contributed by atoms with van der Waals surface area (Å²) in [5.74, 6) is -0.961. The highest BCUT2D eigenvalue weighted by atomic mass is 16.3. The second-order valence-corrected chi connectivity index (χ2v) is 7.51. The first-order chi connectivity index (χ1) is 14.5. The van der Waals surface area contributed by atoms with E-state index in [0.717, 1.165) is 16.7 Å². The first-order valence-electron chi connectivity index (χ1n) is 9.72. The third-order valence-corrected chi connectivity index (χ3v) is 5.55. The molecule has 7 heteroatoms. The Kier molecular flexibility index (Phi) is 5.25. The number of nitrogens with zero attached hydrogens (tertiary/aromatic N) is 4. The summed E-state index contributed by atoms with van der Waals surface area (Å²) < 4.78 is 0. The van der Waals surface area contributed by atoms with Gasteiger partial charge in [-0.1, -0.05) is 54.6 Å². The van der Waals surface area contributed by atoms with Crippen molar-refractivity contribution >= 4 is 12.1 Å². The maximum Gasteiger partial charge on any atom is 0.275 e. The van der Waals surface area contributed by atoms with Crippen molar-refractivity contribution in [3.8, 4) is 6.07 Å². The lowest BCUT2D eigenvalue weighted by Gasteiger charge is -2.44. The predicted octanol–water partition coefficient (Wildman–Crippen LogP) is 2.16. The molecule has 3 unspecified atom stereocenters. The standard InChI is InChI=1S/C23H22N4O3/c1-26-14-18(27-21(23(26)30)22(29)19(28)13-25-27)20(16-7-3-2-4-8-16)17-9-5-6-15(12-17)10-11-24/h2-9,12-13,18-20,28-29H,10,14H2,1H3. The highest BCUT2D eigenvalue weighted by Gasteiger charge is 2.44. The van der Waals surface area contributed by atoms with E-state index in [1.54, 1.807) is 7.05 Å². The molecular formula is C23H22N4O3. The largest absolute Gasteiger partial charge is 0.507 e. The molecule has 4 rings (SSSR count). The minimum atomic E-state index is -1.30. The number of carbonyl (C=O) groups is 1. The average molecular weight is 402 g/mol. The van der Waals surface area contributed by atoms with Crippen LogP contribution in [-0.4, -0.2) is 58.0 Å². The Balaban J connectivity index is 1.85. The topological polar surface area (TPSA) is 100 Å². The molecule has 0 bridgehead atoms. The van der Waals surface area contributed by atoms with Crippen LogP contribution in [-0.2, 0) is 11.2 Å². The first-order valence-corrected chi connectivity index (χ1v) is 9.72. The van der Waals surface area contributed by atoms with Crippen LogP contribution in [0, 0.1) is 11.3 Å². The highest BCUT2D eigenvalue weighted by Crippen LogP contribution is 2.37. The molecule has 2 aromatic rings. The summed E-state index contributed by atoms with van der Waals surface area (Å²) in [5, 5.41) is 35.4. The van der Waals surface area contributed by atoms with E-state index in [0.29, 0.717) is 13.0 Å². The number of aliphatic hydroxyl groups excluding tert-OH is 2. The summed E-state index contributed by atoms with van der Waals surface area (Å²) in [7, 11) is 1.67. The van der Waals surface area contributed by atoms with E-state index in [9.17, 15) is 15.0 Å². The molecule has 1 saturated heterocycles. The van der Waals surface area contributed by atoms with E-state index in [-0.39, 0.29) is 23.6 Å². The Morgan fingerprint density at radius 3 is 2.67 bits per heavy atom. The van der Waals surface area contributed by atoms with Gasteiger partial charge in [-0.2, -0.15) is 10.4 Å². The number of hydrogen-bond acceptors (Lipinski definition) is 6. The molecule has 3 atom stereocenters. The smallest absolute Gasteiger partial charge is 0.275 e. The van der Waals surface area contributed by atoms with Gasteiger partial charge in [0.2, 0.25) is 0 Å². The van der Waals surface area contributed by atoms with Crippen LogP contribution < -0.4 is 0 Å². The maximum atomic E-state index is 12.7. The molecule has 0 spiro atoms. The zero-order valence-electron chi connectivity index (χ0n) is 16.5. The van der Waals surface area contributed by atoms with E-state index >= 15 is 0 Å². The lowest BCUT2D eigenvalue weighted by atomic mass is 9.82. The molecule has 0 aromatic heterocycles. The average Bonchev–Trinajstić information content (AvgIpc) is 2.75. The number of aliphatic hydroxyl groups is 2. The molecule has 2 aliphatic rings. The van der Waals surface area contributed by atoms with Crippen molar-refractivity contribution in [2.24, 2.45) is 5.10 Å². The number of piperazine rings is 1. The second-order valence-electron chi connectivity index (χ2n) is 7.51. The van der Waals surface area contributed by atoms with E-state index in [1.807, 2.05) is 54.6 Å². The predicted molar refractivity (Wildman–Crippen MR) is 111 cm³/mol. The van der Waals surface area contributed by atoms with Crippen LogP contribution in [0.15, 0.2) is 71.2 Å². The van der Waals surface area contributed by atoms with Gasteiger partial charge in [-0.25, -0.2) is 0 Å². The van der Waals surface area contributed by atoms with Crippen molar-refractivity contribution < 1.29 is 15.0 Å². The Morgan fingerprint density at radius 1 is 1.20 bits per heavy atom. The zero-order chi connectivity index (χ0) is 21.3. The van der Waals surface area contributed by atoms with Gasteiger partial charge in [0, 0.05) is 19.5 Å². The summed E-state index contributed by atoms with van der Waals surface area (Å²) in [6.45, 7) is 0.380. The fraction of sp³-hybridized carbons (Fsp3) is 0.261. The lowest BCUT2D eigenvalue weighted by Crippen LogP contribution is -2.55. The van der Waals surface area contributed by atoms with E-state index in [2.05, 4.69) is 11.2 Å². The molecule has 152 valence electrons. The second kappa shape index (κ2) is 8.01. The molecule has 0 saturated carbocycles. The molecule has 30 heavy (non-hydrogen) atoms. The van der Waals surface area contributed by atoms with Crippen LogP contribution in [0.2, 0.25) is 0 Å². The Morgan fingerprint density at radius 2 is 1.93 bits per heavy atom. The molecule has 2 heterocycles. The van der Waals surface area contributed by atoms with Crippen molar-refractivity contribution in [3.05, 3.63) is 82.7 Å². The van der Waals surface area contributed by atoms with Crippen LogP contribution >= 0.6 is 0 Å². The van der Waals surface area contributed by atoms with Crippen molar-refractivity contribution in [3.63, 3.8) is 0 Å². The van der Waals surface area contributed by atoms with Crippen LogP contribution in [0.1, 0.15) is 22.6 Å². The van der Waals surface area contributed by atoms with E-state index in [4.69, 9.17) is 5.26 Å². The molecule has 1 fully saturated rings. The minimum Gasteiger partial charge on any atom is -0.507 e. The fourth-order valence-corrected chi connectivity index (χ4v) is 4.13. The van der Waals surface area contributed by atoms with E-state index < -0.39 is 11.9 Å². The number of nitriles is 1. The SMILES string of the molecule is CN1CC(C(c2ccccc2)c2cccc(CC#N)c2)N2N=CC(O)C(O)=C2C1=O. The quantitative estimate of drug-likeness (QED) is 0.816. The monoisotopic (exact) mass is 402 g/mol. The molecule has 2 N–H and O–H groups in total. The van der Waals surface area contributed by atoms with Crippen molar-refractivity contribution in [1.82, 2.24) is 9.91 Å². The van der Waals surface area contributed by atoms with Gasteiger partial charge < -0.3 is 15.1 Å². The van der Waals surface area contributed by atoms with Crippen LogP contribution in [0.3, 0.4) is 0 Å². The van der Waals surface area contributed by atoms with Gasteiger partial charge in [-0.05, 0) is 16.7 Å². The third kappa shape index (κ3) is 3.42. The number of hydrazone groups is 1. The number of hydrogen-bond donors (Lipinski definition) is 2. The minimum absolute atomic E-state index is 0.00198. The van der Waals surface area contributed by atoms with Gasteiger partial charge >= 0.3 is 0 Å². The van der Waals surface area contributed by atoms with Gasteiger partial charge in [-0.15, -0.1) is 0 Å². The maximum absolute atomic E-state index is 12.7. The molecule has 0 radical (unpaired) electrons. The van der Waals surface area contributed by atoms with Crippen molar-refractivity contribution in [1.29, 1.82) is 5.26 Å². The summed E-state index contributed by atoms with van der Waals surface area (Å²) in [4.78, 5) is 14.3. The fourth-order valence-electron chi connectivity index (χ4n) is 4.13. The Labute approximate surface area is 174 Å². The van der Waals surface area contributed by atoms with Crippen molar-refractivity contribution in [2.45, 2.75) is 24.5 Å². The number of fused-ring (bicyclic) bond motifs is 1. The van der Waals surface area contributed by atoms with Crippen LogP contribution in [0.4, 0.5) is 0 Å². The molecule has 0 aliphatic carbocycles. The van der Waals surface area contributed by atoms with Crippen LogP contribution in [0.5, 0.6) is 0 Å². The molecular weight excluding hydrogens is 380 g/mol. The summed E-state index contributed by atoms with van der Waals surface area (Å²) in [6.07, 6.45) is 0.235. The van der Waals surface area contributed by atoms with Gasteiger partial charge in [0.05, 0.1) is 24.7 Å². The number of benzene rings is 2. The Bertz CT molecular complexity index is 1060. The number of likely N-dealkylation sites (N-methyl/N-ethyl adjacent to an activating group) is 1. The van der Waals surface area contributed by atoms with Gasteiger partial charge in [-0.3, -0.25) is 9.80 Å².